The third-order valence-electron chi connectivity index (χ3n) is 8.26. The minimum Gasteiger partial charge on any atom is -0.496 e. The van der Waals surface area contributed by atoms with Gasteiger partial charge in [0.15, 0.2) is 0 Å². The number of benzene rings is 3. The maximum atomic E-state index is 13.9. The number of hydrogen-bond acceptors (Lipinski definition) is 5. The smallest absolute Gasteiger partial charge is 0.411 e. The van der Waals surface area contributed by atoms with Gasteiger partial charge in [-0.15, -0.1) is 0 Å². The van der Waals surface area contributed by atoms with Gasteiger partial charge in [0.25, 0.3) is 0 Å². The van der Waals surface area contributed by atoms with Crippen molar-refractivity contribution >= 4 is 23.7 Å². The zero-order chi connectivity index (χ0) is 31.5. The second-order valence-corrected chi connectivity index (χ2v) is 13.7. The average molecular weight is 607 g/mol. The van der Waals surface area contributed by atoms with Crippen LogP contribution in [0.5, 0.6) is 5.75 Å². The number of hydrogen-bond donors (Lipinski definition) is 2. The second kappa shape index (κ2) is 13.0. The highest BCUT2D eigenvalue weighted by Gasteiger charge is 2.58. The molecule has 230 valence electrons. The number of carbonyl (C=O) groups excluding carboxylic acids is 1. The first kappa shape index (κ1) is 32.4. The number of amides is 1. The molecule has 4 rings (SSSR count). The fraction of sp³-hybridized carbons (Fsp3) is 0.429. The van der Waals surface area contributed by atoms with Crippen molar-refractivity contribution in [2.24, 2.45) is 11.3 Å². The highest BCUT2D eigenvalue weighted by molar-refractivity contribution is 6.31. The third kappa shape index (κ3) is 7.16. The number of aliphatic carboxylic acids is 1. The van der Waals surface area contributed by atoms with Crippen molar-refractivity contribution in [3.05, 3.63) is 100 Å². The van der Waals surface area contributed by atoms with Crippen LogP contribution in [-0.4, -0.2) is 41.3 Å². The van der Waals surface area contributed by atoms with Crippen molar-refractivity contribution in [2.45, 2.75) is 78.2 Å². The van der Waals surface area contributed by atoms with E-state index in [2.05, 4.69) is 38.2 Å². The Morgan fingerprint density at radius 1 is 0.930 bits per heavy atom. The van der Waals surface area contributed by atoms with Gasteiger partial charge in [0.2, 0.25) is 0 Å². The van der Waals surface area contributed by atoms with Gasteiger partial charge in [0.05, 0.1) is 13.2 Å². The fourth-order valence-electron chi connectivity index (χ4n) is 6.12. The molecule has 0 aromatic heterocycles. The largest absolute Gasteiger partial charge is 0.496 e. The molecular weight excluding hydrogens is 564 g/mol. The van der Waals surface area contributed by atoms with Gasteiger partial charge in [-0.05, 0) is 34.1 Å². The molecule has 0 saturated carbocycles. The van der Waals surface area contributed by atoms with Gasteiger partial charge in [0, 0.05) is 34.7 Å². The van der Waals surface area contributed by atoms with Crippen molar-refractivity contribution in [2.75, 3.05) is 7.11 Å². The molecule has 1 fully saturated rings. The standard InChI is InChI=1S/C35H43ClN2O5/c1-34(2,3)25-17-18-27(42-7)24(19-25)20-37-29-28(35(4,5)6)31(32(39)40)38(30(29)22-13-9-8-10-14-22)33(41)43-21-23-15-11-12-16-26(23)36/h8-19,28-31,37H,20-21H2,1-7H3,(H,39,40)/t28-,29-,30-,31-/m0/s1. The van der Waals surface area contributed by atoms with Crippen LogP contribution in [0.2, 0.25) is 5.02 Å². The van der Waals surface area contributed by atoms with Crippen LogP contribution in [0.4, 0.5) is 4.79 Å². The molecule has 3 aromatic carbocycles. The minimum absolute atomic E-state index is 0.0640. The van der Waals surface area contributed by atoms with Gasteiger partial charge in [-0.1, -0.05) is 114 Å². The van der Waals surface area contributed by atoms with E-state index in [1.54, 1.807) is 25.3 Å². The lowest BCUT2D eigenvalue weighted by molar-refractivity contribution is -0.144. The quantitative estimate of drug-likeness (QED) is 0.274. The lowest BCUT2D eigenvalue weighted by atomic mass is 9.72. The third-order valence-corrected chi connectivity index (χ3v) is 8.62. The number of carboxylic acids is 1. The summed E-state index contributed by atoms with van der Waals surface area (Å²) >= 11 is 6.32. The van der Waals surface area contributed by atoms with Crippen LogP contribution in [0.3, 0.4) is 0 Å². The van der Waals surface area contributed by atoms with E-state index < -0.39 is 41.5 Å². The van der Waals surface area contributed by atoms with E-state index in [1.807, 2.05) is 63.2 Å². The van der Waals surface area contributed by atoms with Crippen LogP contribution in [0.15, 0.2) is 72.8 Å². The zero-order valence-electron chi connectivity index (χ0n) is 26.1. The van der Waals surface area contributed by atoms with Gasteiger partial charge in [-0.3, -0.25) is 4.90 Å². The van der Waals surface area contributed by atoms with Gasteiger partial charge in [-0.2, -0.15) is 0 Å². The highest BCUT2D eigenvalue weighted by atomic mass is 35.5. The summed E-state index contributed by atoms with van der Waals surface area (Å²) in [5.41, 5.74) is 3.04. The molecule has 0 radical (unpaired) electrons. The molecule has 1 heterocycles. The van der Waals surface area contributed by atoms with E-state index >= 15 is 0 Å². The number of carboxylic acid groups (broad SMARTS) is 1. The number of likely N-dealkylation sites (tertiary alicyclic amines) is 1. The predicted octanol–water partition coefficient (Wildman–Crippen LogP) is 7.61. The predicted molar refractivity (Wildman–Crippen MR) is 169 cm³/mol. The molecule has 0 spiro atoms. The molecule has 4 atom stereocenters. The van der Waals surface area contributed by atoms with Crippen LogP contribution in [0.25, 0.3) is 0 Å². The number of nitrogens with zero attached hydrogens (tertiary/aromatic N) is 1. The Morgan fingerprint density at radius 3 is 2.16 bits per heavy atom. The molecule has 43 heavy (non-hydrogen) atoms. The summed E-state index contributed by atoms with van der Waals surface area (Å²) in [6, 6.07) is 20.7. The van der Waals surface area contributed by atoms with Crippen LogP contribution >= 0.6 is 11.6 Å². The van der Waals surface area contributed by atoms with E-state index in [0.29, 0.717) is 17.1 Å². The fourth-order valence-corrected chi connectivity index (χ4v) is 6.31. The van der Waals surface area contributed by atoms with E-state index in [-0.39, 0.29) is 12.0 Å². The van der Waals surface area contributed by atoms with Crippen molar-refractivity contribution in [3.63, 3.8) is 0 Å². The Balaban J connectivity index is 1.77. The molecule has 7 nitrogen and oxygen atoms in total. The molecular formula is C35H43ClN2O5. The zero-order valence-corrected chi connectivity index (χ0v) is 26.8. The van der Waals surface area contributed by atoms with Crippen molar-refractivity contribution < 1.29 is 24.2 Å². The van der Waals surface area contributed by atoms with Crippen LogP contribution < -0.4 is 10.1 Å². The van der Waals surface area contributed by atoms with Crippen LogP contribution in [0, 0.1) is 11.3 Å². The first-order valence-corrected chi connectivity index (χ1v) is 15.0. The summed E-state index contributed by atoms with van der Waals surface area (Å²) in [5.74, 6) is -0.792. The minimum atomic E-state index is -1.13. The maximum Gasteiger partial charge on any atom is 0.411 e. The molecule has 1 aliphatic rings. The summed E-state index contributed by atoms with van der Waals surface area (Å²) in [6.07, 6.45) is -0.702. The van der Waals surface area contributed by atoms with E-state index in [4.69, 9.17) is 21.1 Å². The van der Waals surface area contributed by atoms with Gasteiger partial charge >= 0.3 is 12.1 Å². The van der Waals surface area contributed by atoms with Gasteiger partial charge in [-0.25, -0.2) is 9.59 Å². The van der Waals surface area contributed by atoms with Crippen molar-refractivity contribution in [1.29, 1.82) is 0 Å². The van der Waals surface area contributed by atoms with E-state index in [0.717, 1.165) is 22.4 Å². The maximum absolute atomic E-state index is 13.9. The Hall–Kier alpha value is -3.55. The number of halogens is 1. The monoisotopic (exact) mass is 606 g/mol. The molecule has 8 heteroatoms. The molecule has 1 aliphatic heterocycles. The normalized spacial score (nSPS) is 20.6. The van der Waals surface area contributed by atoms with E-state index in [1.165, 1.54) is 4.90 Å². The van der Waals surface area contributed by atoms with E-state index in [9.17, 15) is 14.7 Å². The molecule has 2 N–H and O–H groups in total. The second-order valence-electron chi connectivity index (χ2n) is 13.3. The molecule has 0 bridgehead atoms. The Morgan fingerprint density at radius 2 is 1.58 bits per heavy atom. The average Bonchev–Trinajstić information content (AvgIpc) is 3.31. The Kier molecular flexibility index (Phi) is 9.77. The summed E-state index contributed by atoms with van der Waals surface area (Å²) < 4.78 is 11.5. The van der Waals surface area contributed by atoms with Crippen molar-refractivity contribution in [1.82, 2.24) is 10.2 Å². The number of methoxy groups -OCH3 is 1. The van der Waals surface area contributed by atoms with Crippen molar-refractivity contribution in [3.8, 4) is 5.75 Å². The lowest BCUT2D eigenvalue weighted by Gasteiger charge is -2.35. The highest BCUT2D eigenvalue weighted by Crippen LogP contribution is 2.48. The first-order valence-electron chi connectivity index (χ1n) is 14.6. The molecule has 1 amide bonds. The summed E-state index contributed by atoms with van der Waals surface area (Å²) in [4.78, 5) is 28.4. The molecule has 1 saturated heterocycles. The number of carbonyl (C=O) groups is 2. The SMILES string of the molecule is COc1ccc(C(C)(C)C)cc1CN[C@H]1[C@H](C(C)(C)C)[C@@H](C(=O)O)N(C(=O)OCc2ccccc2Cl)[C@H]1c1ccccc1. The summed E-state index contributed by atoms with van der Waals surface area (Å²) in [7, 11) is 1.65. The van der Waals surface area contributed by atoms with Gasteiger partial charge in [0.1, 0.15) is 18.4 Å². The Bertz CT molecular complexity index is 1430. The summed E-state index contributed by atoms with van der Waals surface area (Å²) in [5, 5.41) is 14.8. The molecule has 0 unspecified atom stereocenters. The van der Waals surface area contributed by atoms with Gasteiger partial charge < -0.3 is 19.9 Å². The Labute approximate surface area is 260 Å². The van der Waals surface area contributed by atoms with Crippen LogP contribution in [0.1, 0.15) is 69.8 Å². The molecule has 0 aliphatic carbocycles. The number of ether oxygens (including phenoxy) is 2. The topological polar surface area (TPSA) is 88.1 Å². The number of nitrogens with one attached hydrogen (secondary N) is 1. The number of rotatable bonds is 8. The first-order chi connectivity index (χ1) is 20.2. The summed E-state index contributed by atoms with van der Waals surface area (Å²) in [6.45, 7) is 12.9. The van der Waals surface area contributed by atoms with Crippen LogP contribution in [-0.2, 0) is 28.1 Å². The molecule has 3 aromatic rings. The lowest BCUT2D eigenvalue weighted by Crippen LogP contribution is -2.48.